The highest BCUT2D eigenvalue weighted by atomic mass is 127. The quantitative estimate of drug-likeness (QED) is 0.164. The van der Waals surface area contributed by atoms with Crippen LogP contribution in [-0.2, 0) is 9.47 Å². The van der Waals surface area contributed by atoms with Crippen molar-refractivity contribution >= 4 is 45.1 Å². The van der Waals surface area contributed by atoms with Gasteiger partial charge in [0.2, 0.25) is 0 Å². The van der Waals surface area contributed by atoms with Crippen LogP contribution in [-0.4, -0.2) is 43.7 Å². The lowest BCUT2D eigenvalue weighted by atomic mass is 10.1. The van der Waals surface area contributed by atoms with Gasteiger partial charge in [-0.2, -0.15) is 0 Å². The fourth-order valence-corrected chi connectivity index (χ4v) is 4.11. The number of benzene rings is 2. The van der Waals surface area contributed by atoms with Crippen LogP contribution in [0.4, 0.5) is 0 Å². The molecule has 0 heterocycles. The molecule has 0 saturated carbocycles. The van der Waals surface area contributed by atoms with Crippen LogP contribution in [0.5, 0.6) is 5.75 Å². The molecule has 0 fully saturated rings. The lowest BCUT2D eigenvalue weighted by molar-refractivity contribution is 0.0547. The molecule has 0 aliphatic rings. The Morgan fingerprint density at radius 3 is 2.48 bits per heavy atom. The average Bonchev–Trinajstić information content (AvgIpc) is 2.65. The normalized spacial score (nSPS) is 11.1. The average molecular weight is 474 g/mol. The zero-order chi connectivity index (χ0) is 17.7. The van der Waals surface area contributed by atoms with E-state index in [0.29, 0.717) is 26.4 Å². The summed E-state index contributed by atoms with van der Waals surface area (Å²) in [7, 11) is 1.68. The number of alkyl halides is 1. The Morgan fingerprint density at radius 1 is 0.880 bits per heavy atom. The second kappa shape index (κ2) is 12.8. The predicted octanol–water partition coefficient (Wildman–Crippen LogP) is 5.58. The molecule has 0 saturated heterocycles. The van der Waals surface area contributed by atoms with E-state index in [1.807, 2.05) is 11.8 Å². The van der Waals surface area contributed by atoms with E-state index in [0.717, 1.165) is 5.75 Å². The maximum atomic E-state index is 5.94. The molecule has 3 nitrogen and oxygen atoms in total. The van der Waals surface area contributed by atoms with Crippen LogP contribution in [0.2, 0.25) is 0 Å². The summed E-state index contributed by atoms with van der Waals surface area (Å²) in [5.41, 5.74) is 0. The third kappa shape index (κ3) is 7.33. The number of ether oxygens (including phenoxy) is 3. The SMILES string of the molecule is COCCOCCOc1ccc(SCCCCCI)c2ccccc12. The molecule has 5 heteroatoms. The van der Waals surface area contributed by atoms with Gasteiger partial charge in [0, 0.05) is 17.4 Å². The highest BCUT2D eigenvalue weighted by Gasteiger charge is 2.07. The first-order chi connectivity index (χ1) is 12.4. The van der Waals surface area contributed by atoms with E-state index in [2.05, 4.69) is 59.0 Å². The summed E-state index contributed by atoms with van der Waals surface area (Å²) in [6.45, 7) is 2.35. The second-order valence-corrected chi connectivity index (χ2v) is 7.87. The number of unbranched alkanes of at least 4 members (excludes halogenated alkanes) is 2. The van der Waals surface area contributed by atoms with Crippen LogP contribution in [0.25, 0.3) is 10.8 Å². The molecule has 0 bridgehead atoms. The number of rotatable bonds is 13. The van der Waals surface area contributed by atoms with Gasteiger partial charge in [-0.15, -0.1) is 11.8 Å². The van der Waals surface area contributed by atoms with Crippen LogP contribution in [0.15, 0.2) is 41.3 Å². The van der Waals surface area contributed by atoms with Crippen LogP contribution in [0.1, 0.15) is 19.3 Å². The number of hydrogen-bond donors (Lipinski definition) is 0. The van der Waals surface area contributed by atoms with Gasteiger partial charge in [-0.1, -0.05) is 53.3 Å². The standard InChI is InChI=1S/C20H27IO3S/c1-22-12-13-23-14-15-24-19-9-10-20(25-16-6-2-5-11-21)18-8-4-3-7-17(18)19/h3-4,7-10H,2,5-6,11-16H2,1H3. The van der Waals surface area contributed by atoms with Crippen LogP contribution >= 0.6 is 34.4 Å². The number of fused-ring (bicyclic) bond motifs is 1. The Morgan fingerprint density at radius 2 is 1.68 bits per heavy atom. The Labute approximate surface area is 168 Å². The molecule has 138 valence electrons. The van der Waals surface area contributed by atoms with E-state index >= 15 is 0 Å². The van der Waals surface area contributed by atoms with Crippen molar-refractivity contribution < 1.29 is 14.2 Å². The topological polar surface area (TPSA) is 27.7 Å². The Bertz CT molecular complexity index is 621. The maximum Gasteiger partial charge on any atom is 0.127 e. The van der Waals surface area contributed by atoms with E-state index in [9.17, 15) is 0 Å². The third-order valence-corrected chi connectivity index (χ3v) is 5.72. The molecular weight excluding hydrogens is 447 g/mol. The van der Waals surface area contributed by atoms with Gasteiger partial charge >= 0.3 is 0 Å². The molecule has 0 aliphatic carbocycles. The second-order valence-electron chi connectivity index (χ2n) is 5.66. The van der Waals surface area contributed by atoms with E-state index in [1.54, 1.807) is 7.11 Å². The Kier molecular flexibility index (Phi) is 10.6. The maximum absolute atomic E-state index is 5.94. The molecule has 0 aromatic heterocycles. The fraction of sp³-hybridized carbons (Fsp3) is 0.500. The van der Waals surface area contributed by atoms with Gasteiger partial charge in [0.05, 0.1) is 19.8 Å². The van der Waals surface area contributed by atoms with Crippen molar-refractivity contribution in [1.29, 1.82) is 0 Å². The zero-order valence-electron chi connectivity index (χ0n) is 14.8. The summed E-state index contributed by atoms with van der Waals surface area (Å²) in [6, 6.07) is 12.8. The minimum absolute atomic E-state index is 0.552. The van der Waals surface area contributed by atoms with Crippen molar-refractivity contribution in [2.75, 3.05) is 43.7 Å². The number of thioether (sulfide) groups is 1. The molecule has 0 atom stereocenters. The molecule has 0 amide bonds. The lowest BCUT2D eigenvalue weighted by Gasteiger charge is -2.12. The highest BCUT2D eigenvalue weighted by Crippen LogP contribution is 2.34. The van der Waals surface area contributed by atoms with Crippen molar-refractivity contribution in [3.05, 3.63) is 36.4 Å². The van der Waals surface area contributed by atoms with Crippen molar-refractivity contribution in [3.63, 3.8) is 0 Å². The number of methoxy groups -OCH3 is 1. The largest absolute Gasteiger partial charge is 0.491 e. The molecule has 0 unspecified atom stereocenters. The molecule has 25 heavy (non-hydrogen) atoms. The van der Waals surface area contributed by atoms with Crippen molar-refractivity contribution in [1.82, 2.24) is 0 Å². The van der Waals surface area contributed by atoms with Gasteiger partial charge in [0.1, 0.15) is 12.4 Å². The van der Waals surface area contributed by atoms with Crippen molar-refractivity contribution in [3.8, 4) is 5.75 Å². The van der Waals surface area contributed by atoms with E-state index in [4.69, 9.17) is 14.2 Å². The minimum atomic E-state index is 0.552. The molecule has 2 aromatic carbocycles. The number of hydrogen-bond acceptors (Lipinski definition) is 4. The molecule has 0 N–H and O–H groups in total. The van der Waals surface area contributed by atoms with E-state index in [-0.39, 0.29) is 0 Å². The van der Waals surface area contributed by atoms with Crippen LogP contribution in [0.3, 0.4) is 0 Å². The van der Waals surface area contributed by atoms with Crippen LogP contribution < -0.4 is 4.74 Å². The molecular formula is C20H27IO3S. The Balaban J connectivity index is 1.92. The van der Waals surface area contributed by atoms with Gasteiger partial charge in [-0.25, -0.2) is 0 Å². The predicted molar refractivity (Wildman–Crippen MR) is 116 cm³/mol. The summed E-state index contributed by atoms with van der Waals surface area (Å²) in [5, 5.41) is 2.45. The van der Waals surface area contributed by atoms with E-state index in [1.165, 1.54) is 45.1 Å². The highest BCUT2D eigenvalue weighted by molar-refractivity contribution is 14.1. The van der Waals surface area contributed by atoms with E-state index < -0.39 is 0 Å². The molecule has 2 aromatic rings. The van der Waals surface area contributed by atoms with Gasteiger partial charge < -0.3 is 14.2 Å². The summed E-state index contributed by atoms with van der Waals surface area (Å²) < 4.78 is 17.6. The molecule has 0 aliphatic heterocycles. The summed E-state index contributed by atoms with van der Waals surface area (Å²) in [5.74, 6) is 2.11. The monoisotopic (exact) mass is 474 g/mol. The summed E-state index contributed by atoms with van der Waals surface area (Å²) in [4.78, 5) is 1.34. The van der Waals surface area contributed by atoms with Gasteiger partial charge in [0.15, 0.2) is 0 Å². The smallest absolute Gasteiger partial charge is 0.127 e. The van der Waals surface area contributed by atoms with Gasteiger partial charge in [0.25, 0.3) is 0 Å². The molecule has 0 radical (unpaired) electrons. The Hall–Kier alpha value is -0.500. The van der Waals surface area contributed by atoms with Crippen LogP contribution in [0, 0.1) is 0 Å². The first-order valence-electron chi connectivity index (χ1n) is 8.77. The first kappa shape index (κ1) is 20.8. The van der Waals surface area contributed by atoms with Crippen molar-refractivity contribution in [2.45, 2.75) is 24.2 Å². The van der Waals surface area contributed by atoms with Crippen molar-refractivity contribution in [2.24, 2.45) is 0 Å². The van der Waals surface area contributed by atoms with Gasteiger partial charge in [-0.05, 0) is 40.5 Å². The molecule has 0 spiro atoms. The fourth-order valence-electron chi connectivity index (χ4n) is 2.51. The summed E-state index contributed by atoms with van der Waals surface area (Å²) >= 11 is 4.40. The first-order valence-corrected chi connectivity index (χ1v) is 11.3. The lowest BCUT2D eigenvalue weighted by Crippen LogP contribution is -2.10. The third-order valence-electron chi connectivity index (χ3n) is 3.80. The summed E-state index contributed by atoms with van der Waals surface area (Å²) in [6.07, 6.45) is 3.91. The zero-order valence-corrected chi connectivity index (χ0v) is 17.8. The number of halogens is 1. The van der Waals surface area contributed by atoms with Gasteiger partial charge in [-0.3, -0.25) is 0 Å². The molecule has 2 rings (SSSR count). The minimum Gasteiger partial charge on any atom is -0.491 e.